The van der Waals surface area contributed by atoms with Gasteiger partial charge in [-0.2, -0.15) is 15.0 Å². The molecule has 2 rings (SSSR count). The summed E-state index contributed by atoms with van der Waals surface area (Å²) < 4.78 is 0. The fraction of sp³-hybridized carbons (Fsp3) is 0.625. The number of aliphatic hydroxyl groups is 1. The Morgan fingerprint density at radius 2 is 1.93 bits per heavy atom. The van der Waals surface area contributed by atoms with E-state index < -0.39 is 0 Å². The summed E-state index contributed by atoms with van der Waals surface area (Å²) in [5, 5.41) is 9.20. The zero-order valence-electron chi connectivity index (χ0n) is 7.90. The van der Waals surface area contributed by atoms with Crippen molar-refractivity contribution >= 4 is 29.2 Å². The molecule has 1 aliphatic rings. The summed E-state index contributed by atoms with van der Waals surface area (Å²) >= 11 is 11.4. The maximum Gasteiger partial charge on any atom is 0.230 e. The number of aromatic nitrogens is 3. The van der Waals surface area contributed by atoms with Crippen molar-refractivity contribution in [1.29, 1.82) is 0 Å². The van der Waals surface area contributed by atoms with Gasteiger partial charge in [-0.15, -0.1) is 0 Å². The van der Waals surface area contributed by atoms with Crippen molar-refractivity contribution in [3.63, 3.8) is 0 Å². The van der Waals surface area contributed by atoms with Crippen LogP contribution in [0.4, 0.5) is 5.95 Å². The molecule has 1 aliphatic heterocycles. The fourth-order valence-corrected chi connectivity index (χ4v) is 1.98. The van der Waals surface area contributed by atoms with Crippen molar-refractivity contribution in [2.45, 2.75) is 6.42 Å². The molecule has 0 spiro atoms. The van der Waals surface area contributed by atoms with E-state index in [-0.39, 0.29) is 23.1 Å². The molecule has 1 N–H and O–H groups in total. The van der Waals surface area contributed by atoms with Crippen LogP contribution >= 0.6 is 23.2 Å². The quantitative estimate of drug-likeness (QED) is 0.847. The molecule has 0 aromatic carbocycles. The summed E-state index contributed by atoms with van der Waals surface area (Å²) in [5.41, 5.74) is 0. The van der Waals surface area contributed by atoms with Gasteiger partial charge >= 0.3 is 0 Å². The van der Waals surface area contributed by atoms with Gasteiger partial charge in [-0.25, -0.2) is 0 Å². The first-order chi connectivity index (χ1) is 7.19. The minimum atomic E-state index is 0.0949. The standard InChI is InChI=1S/C8H10Cl2N4O/c9-6-11-7(10)13-8(12-6)14-2-1-5(3-14)4-15/h5,15H,1-4H2. The number of anilines is 1. The highest BCUT2D eigenvalue weighted by Crippen LogP contribution is 2.21. The normalized spacial score (nSPS) is 21.0. The number of hydrogen-bond donors (Lipinski definition) is 1. The van der Waals surface area contributed by atoms with E-state index in [4.69, 9.17) is 28.3 Å². The van der Waals surface area contributed by atoms with Crippen molar-refractivity contribution in [3.8, 4) is 0 Å². The molecule has 15 heavy (non-hydrogen) atoms. The van der Waals surface area contributed by atoms with Gasteiger partial charge in [0.2, 0.25) is 16.5 Å². The lowest BCUT2D eigenvalue weighted by Crippen LogP contribution is -2.23. The van der Waals surface area contributed by atoms with E-state index in [2.05, 4.69) is 15.0 Å². The zero-order chi connectivity index (χ0) is 10.8. The Hall–Kier alpha value is -0.650. The second-order valence-electron chi connectivity index (χ2n) is 3.46. The number of hydrogen-bond acceptors (Lipinski definition) is 5. The molecule has 1 atom stereocenters. The summed E-state index contributed by atoms with van der Waals surface area (Å²) in [5.74, 6) is 0.760. The Kier molecular flexibility index (Phi) is 3.23. The summed E-state index contributed by atoms with van der Waals surface area (Å²) in [6.45, 7) is 1.72. The third-order valence-electron chi connectivity index (χ3n) is 2.40. The SMILES string of the molecule is OCC1CCN(c2nc(Cl)nc(Cl)n2)C1. The third-order valence-corrected chi connectivity index (χ3v) is 2.73. The van der Waals surface area contributed by atoms with E-state index in [0.717, 1.165) is 19.5 Å². The smallest absolute Gasteiger partial charge is 0.230 e. The van der Waals surface area contributed by atoms with Gasteiger partial charge in [-0.1, -0.05) is 0 Å². The van der Waals surface area contributed by atoms with Gasteiger partial charge in [0.25, 0.3) is 0 Å². The van der Waals surface area contributed by atoms with Crippen LogP contribution in [0.3, 0.4) is 0 Å². The Morgan fingerprint density at radius 3 is 2.47 bits per heavy atom. The second kappa shape index (κ2) is 4.47. The maximum atomic E-state index is 9.01. The summed E-state index contributed by atoms with van der Waals surface area (Å²) in [6, 6.07) is 0. The van der Waals surface area contributed by atoms with E-state index in [1.165, 1.54) is 0 Å². The minimum absolute atomic E-state index is 0.0949. The molecule has 2 heterocycles. The lowest BCUT2D eigenvalue weighted by atomic mass is 10.1. The van der Waals surface area contributed by atoms with Gasteiger partial charge < -0.3 is 10.0 Å². The van der Waals surface area contributed by atoms with Crippen LogP contribution in [0.15, 0.2) is 0 Å². The molecule has 7 heteroatoms. The Morgan fingerprint density at radius 1 is 1.27 bits per heavy atom. The third kappa shape index (κ3) is 2.48. The van der Waals surface area contributed by atoms with Gasteiger partial charge in [0.15, 0.2) is 0 Å². The average molecular weight is 249 g/mol. The molecule has 82 valence electrons. The number of rotatable bonds is 2. The van der Waals surface area contributed by atoms with E-state index in [0.29, 0.717) is 5.95 Å². The van der Waals surface area contributed by atoms with E-state index >= 15 is 0 Å². The number of halogens is 2. The monoisotopic (exact) mass is 248 g/mol. The lowest BCUT2D eigenvalue weighted by molar-refractivity contribution is 0.238. The van der Waals surface area contributed by atoms with E-state index in [1.807, 2.05) is 4.90 Å². The highest BCUT2D eigenvalue weighted by molar-refractivity contribution is 6.31. The summed E-state index contributed by atoms with van der Waals surface area (Å²) in [6.07, 6.45) is 0.928. The molecule has 1 aromatic heterocycles. The average Bonchev–Trinajstić information content (AvgIpc) is 2.64. The molecule has 0 bridgehead atoms. The number of nitrogens with zero attached hydrogens (tertiary/aromatic N) is 4. The van der Waals surface area contributed by atoms with Crippen LogP contribution in [0.5, 0.6) is 0 Å². The summed E-state index contributed by atoms with van der Waals surface area (Å²) in [4.78, 5) is 13.6. The van der Waals surface area contributed by atoms with Crippen LogP contribution in [-0.2, 0) is 0 Å². The molecule has 0 amide bonds. The molecule has 1 aromatic rings. The second-order valence-corrected chi connectivity index (χ2v) is 4.13. The van der Waals surface area contributed by atoms with Gasteiger partial charge in [-0.05, 0) is 29.6 Å². The predicted molar refractivity (Wildman–Crippen MR) is 57.3 cm³/mol. The molecule has 1 fully saturated rings. The lowest BCUT2D eigenvalue weighted by Gasteiger charge is -2.15. The van der Waals surface area contributed by atoms with Gasteiger partial charge in [-0.3, -0.25) is 0 Å². The minimum Gasteiger partial charge on any atom is -0.396 e. The highest BCUT2D eigenvalue weighted by Gasteiger charge is 2.24. The van der Waals surface area contributed by atoms with Crippen LogP contribution in [0.1, 0.15) is 6.42 Å². The van der Waals surface area contributed by atoms with Crippen molar-refractivity contribution in [1.82, 2.24) is 15.0 Å². The first-order valence-electron chi connectivity index (χ1n) is 4.62. The largest absolute Gasteiger partial charge is 0.396 e. The van der Waals surface area contributed by atoms with Crippen molar-refractivity contribution in [2.75, 3.05) is 24.6 Å². The molecule has 0 radical (unpaired) electrons. The van der Waals surface area contributed by atoms with Crippen LogP contribution < -0.4 is 4.90 Å². The molecule has 1 saturated heterocycles. The van der Waals surface area contributed by atoms with Crippen LogP contribution in [0.25, 0.3) is 0 Å². The van der Waals surface area contributed by atoms with Crippen LogP contribution in [-0.4, -0.2) is 39.8 Å². The van der Waals surface area contributed by atoms with E-state index in [9.17, 15) is 0 Å². The first kappa shape index (κ1) is 10.9. The molecule has 5 nitrogen and oxygen atoms in total. The fourth-order valence-electron chi connectivity index (χ4n) is 1.62. The van der Waals surface area contributed by atoms with E-state index in [1.54, 1.807) is 0 Å². The Balaban J connectivity index is 2.16. The van der Waals surface area contributed by atoms with Gasteiger partial charge in [0.1, 0.15) is 0 Å². The molecule has 0 aliphatic carbocycles. The maximum absolute atomic E-state index is 9.01. The van der Waals surface area contributed by atoms with Crippen molar-refractivity contribution in [3.05, 3.63) is 10.6 Å². The van der Waals surface area contributed by atoms with Crippen molar-refractivity contribution in [2.24, 2.45) is 5.92 Å². The molecular formula is C8H10Cl2N4O. The van der Waals surface area contributed by atoms with Crippen LogP contribution in [0, 0.1) is 5.92 Å². The van der Waals surface area contributed by atoms with Gasteiger partial charge in [0, 0.05) is 25.6 Å². The highest BCUT2D eigenvalue weighted by atomic mass is 35.5. The molecule has 1 unspecified atom stereocenters. The van der Waals surface area contributed by atoms with Gasteiger partial charge in [0.05, 0.1) is 0 Å². The number of aliphatic hydroxyl groups excluding tert-OH is 1. The zero-order valence-corrected chi connectivity index (χ0v) is 9.41. The Bertz CT molecular complexity index is 342. The predicted octanol–water partition coefficient (Wildman–Crippen LogP) is 0.997. The molecule has 0 saturated carbocycles. The first-order valence-corrected chi connectivity index (χ1v) is 5.37. The summed E-state index contributed by atoms with van der Waals surface area (Å²) in [7, 11) is 0. The molecular weight excluding hydrogens is 239 g/mol. The van der Waals surface area contributed by atoms with Crippen molar-refractivity contribution < 1.29 is 5.11 Å². The topological polar surface area (TPSA) is 62.1 Å². The van der Waals surface area contributed by atoms with Crippen LogP contribution in [0.2, 0.25) is 10.6 Å². The Labute approximate surface area is 97.1 Å².